The number of aliphatic imine (C=N–C) groups is 1. The van der Waals surface area contributed by atoms with Crippen LogP contribution >= 0.6 is 23.1 Å². The lowest BCUT2D eigenvalue weighted by Crippen LogP contribution is -2.31. The summed E-state index contributed by atoms with van der Waals surface area (Å²) in [5.41, 5.74) is 1.70. The van der Waals surface area contributed by atoms with E-state index in [-0.39, 0.29) is 6.54 Å². The lowest BCUT2D eigenvalue weighted by atomic mass is 10.5. The van der Waals surface area contributed by atoms with Crippen LogP contribution < -0.4 is 5.32 Å². The van der Waals surface area contributed by atoms with Gasteiger partial charge < -0.3 is 5.32 Å². The second-order valence-electron chi connectivity index (χ2n) is 2.97. The Labute approximate surface area is 107 Å². The zero-order chi connectivity index (χ0) is 12.5. The van der Waals surface area contributed by atoms with Crippen molar-refractivity contribution in [2.45, 2.75) is 5.75 Å². The molecular weight excluding hydrogens is 262 g/mol. The van der Waals surface area contributed by atoms with Crippen molar-refractivity contribution in [3.05, 3.63) is 20.6 Å². The van der Waals surface area contributed by atoms with Gasteiger partial charge in [-0.1, -0.05) is 0 Å². The Hall–Kier alpha value is -1.22. The maximum Gasteiger partial charge on any atom is 0.259 e. The van der Waals surface area contributed by atoms with E-state index in [4.69, 9.17) is 0 Å². The fourth-order valence-corrected chi connectivity index (χ4v) is 2.47. The summed E-state index contributed by atoms with van der Waals surface area (Å²) >= 11 is 3.23. The smallest absolute Gasteiger partial charge is 0.259 e. The number of thioether (sulfide) groups is 1. The molecule has 1 heterocycles. The maximum absolute atomic E-state index is 10.3. The molecule has 17 heavy (non-hydrogen) atoms. The van der Waals surface area contributed by atoms with Gasteiger partial charge in [0, 0.05) is 30.0 Å². The minimum Gasteiger partial charge on any atom is -0.368 e. The average molecular weight is 275 g/mol. The molecule has 1 N–H and O–H groups in total. The van der Waals surface area contributed by atoms with E-state index in [1.54, 1.807) is 24.3 Å². The maximum atomic E-state index is 10.3. The number of aromatic nitrogens is 2. The predicted octanol–water partition coefficient (Wildman–Crippen LogP) is 0.666. The van der Waals surface area contributed by atoms with Gasteiger partial charge in [0.1, 0.15) is 10.5 Å². The van der Waals surface area contributed by atoms with Crippen LogP contribution in [0.5, 0.6) is 0 Å². The molecule has 0 saturated heterocycles. The van der Waals surface area contributed by atoms with E-state index in [2.05, 4.69) is 20.5 Å². The minimum absolute atomic E-state index is 0.252. The molecule has 0 spiro atoms. The van der Waals surface area contributed by atoms with Gasteiger partial charge >= 0.3 is 0 Å². The van der Waals surface area contributed by atoms with Crippen LogP contribution in [0, 0.1) is 10.1 Å². The van der Waals surface area contributed by atoms with Gasteiger partial charge in [0.05, 0.1) is 0 Å². The van der Waals surface area contributed by atoms with Gasteiger partial charge in [-0.3, -0.25) is 15.1 Å². The van der Waals surface area contributed by atoms with Gasteiger partial charge in [-0.15, -0.1) is 21.5 Å². The van der Waals surface area contributed by atoms with Crippen molar-refractivity contribution in [3.8, 4) is 0 Å². The first-order valence-corrected chi connectivity index (χ1v) is 6.90. The average Bonchev–Trinajstić information content (AvgIpc) is 2.79. The van der Waals surface area contributed by atoms with E-state index >= 15 is 0 Å². The molecule has 0 atom stereocenters. The fraction of sp³-hybridized carbons (Fsp3) is 0.625. The molecule has 1 rings (SSSR count). The lowest BCUT2D eigenvalue weighted by Gasteiger charge is -2.04. The molecule has 0 aliphatic carbocycles. The van der Waals surface area contributed by atoms with Crippen LogP contribution in [0.2, 0.25) is 0 Å². The number of nitrogens with zero attached hydrogens (tertiary/aromatic N) is 4. The molecule has 0 amide bonds. The molecule has 1 aromatic heterocycles. The summed E-state index contributed by atoms with van der Waals surface area (Å²) < 4.78 is 0. The van der Waals surface area contributed by atoms with E-state index < -0.39 is 4.92 Å². The molecule has 0 unspecified atom stereocenters. The van der Waals surface area contributed by atoms with Gasteiger partial charge in [0.2, 0.25) is 0 Å². The highest BCUT2D eigenvalue weighted by Gasteiger charge is 2.05. The normalized spacial score (nSPS) is 11.5. The van der Waals surface area contributed by atoms with Gasteiger partial charge in [0.15, 0.2) is 5.84 Å². The van der Waals surface area contributed by atoms with Crippen LogP contribution in [0.4, 0.5) is 0 Å². The first-order valence-electron chi connectivity index (χ1n) is 4.86. The monoisotopic (exact) mass is 275 g/mol. The molecule has 94 valence electrons. The van der Waals surface area contributed by atoms with E-state index in [1.807, 2.05) is 0 Å². The summed E-state index contributed by atoms with van der Waals surface area (Å²) in [7, 11) is 1.54. The van der Waals surface area contributed by atoms with Crippen LogP contribution in [-0.4, -0.2) is 46.8 Å². The molecule has 0 saturated carbocycles. The highest BCUT2D eigenvalue weighted by atomic mass is 32.2. The zero-order valence-corrected chi connectivity index (χ0v) is 11.0. The van der Waals surface area contributed by atoms with Crippen LogP contribution in [0.25, 0.3) is 0 Å². The molecule has 9 heteroatoms. The van der Waals surface area contributed by atoms with E-state index in [0.29, 0.717) is 12.4 Å². The summed E-state index contributed by atoms with van der Waals surface area (Å²) in [5, 5.41) is 21.9. The highest BCUT2D eigenvalue weighted by molar-refractivity contribution is 7.98. The van der Waals surface area contributed by atoms with Gasteiger partial charge in [-0.05, 0) is 0 Å². The Morgan fingerprint density at radius 2 is 2.59 bits per heavy atom. The van der Waals surface area contributed by atoms with Crippen molar-refractivity contribution >= 4 is 28.9 Å². The summed E-state index contributed by atoms with van der Waals surface area (Å²) in [6, 6.07) is 0. The SMILES string of the molecule is CN=C(C[N+](=O)[O-])NCCSCc1nncs1. The summed E-state index contributed by atoms with van der Waals surface area (Å²) in [6.07, 6.45) is 0. The predicted molar refractivity (Wildman–Crippen MR) is 69.3 cm³/mol. The molecular formula is C8H13N5O2S2. The van der Waals surface area contributed by atoms with Gasteiger partial charge in [-0.2, -0.15) is 11.8 Å². The summed E-state index contributed by atoms with van der Waals surface area (Å²) in [4.78, 5) is 13.7. The largest absolute Gasteiger partial charge is 0.368 e. The Morgan fingerprint density at radius 1 is 1.76 bits per heavy atom. The number of nitro groups is 1. The third-order valence-corrected chi connectivity index (χ3v) is 3.61. The fourth-order valence-electron chi connectivity index (χ4n) is 1.01. The van der Waals surface area contributed by atoms with Crippen LogP contribution in [0.3, 0.4) is 0 Å². The topological polar surface area (TPSA) is 93.3 Å². The lowest BCUT2D eigenvalue weighted by molar-refractivity contribution is -0.463. The Kier molecular flexibility index (Phi) is 6.48. The van der Waals surface area contributed by atoms with Crippen LogP contribution in [-0.2, 0) is 5.75 Å². The number of nitrogens with one attached hydrogen (secondary N) is 1. The van der Waals surface area contributed by atoms with Crippen molar-refractivity contribution in [1.29, 1.82) is 0 Å². The van der Waals surface area contributed by atoms with Crippen LogP contribution in [0.1, 0.15) is 5.01 Å². The Balaban J connectivity index is 2.09. The van der Waals surface area contributed by atoms with Gasteiger partial charge in [-0.25, -0.2) is 0 Å². The van der Waals surface area contributed by atoms with E-state index in [0.717, 1.165) is 16.5 Å². The first kappa shape index (κ1) is 13.8. The highest BCUT2D eigenvalue weighted by Crippen LogP contribution is 2.11. The second-order valence-corrected chi connectivity index (χ2v) is 5.00. The van der Waals surface area contributed by atoms with E-state index in [1.165, 1.54) is 11.3 Å². The molecule has 0 aliphatic rings. The van der Waals surface area contributed by atoms with Crippen molar-refractivity contribution in [1.82, 2.24) is 15.5 Å². The molecule has 0 fully saturated rings. The molecule has 0 bridgehead atoms. The quantitative estimate of drug-likeness (QED) is 0.258. The Morgan fingerprint density at radius 3 is 3.18 bits per heavy atom. The van der Waals surface area contributed by atoms with Crippen molar-refractivity contribution in [2.24, 2.45) is 4.99 Å². The van der Waals surface area contributed by atoms with E-state index in [9.17, 15) is 10.1 Å². The van der Waals surface area contributed by atoms with Crippen molar-refractivity contribution in [2.75, 3.05) is 25.9 Å². The number of hydrogen-bond donors (Lipinski definition) is 1. The van der Waals surface area contributed by atoms with Gasteiger partial charge in [0.25, 0.3) is 6.54 Å². The van der Waals surface area contributed by atoms with Crippen molar-refractivity contribution in [3.63, 3.8) is 0 Å². The number of amidine groups is 1. The third kappa shape index (κ3) is 6.17. The summed E-state index contributed by atoms with van der Waals surface area (Å²) in [5.74, 6) is 2.07. The Bertz CT molecular complexity index is 368. The molecule has 7 nitrogen and oxygen atoms in total. The summed E-state index contributed by atoms with van der Waals surface area (Å²) in [6.45, 7) is 0.404. The first-order chi connectivity index (χ1) is 8.22. The molecule has 0 aromatic carbocycles. The third-order valence-electron chi connectivity index (χ3n) is 1.75. The number of rotatable bonds is 7. The standard InChI is InChI=1S/C8H13N5O2S2/c1-9-7(4-13(14)15)10-2-3-16-5-8-12-11-6-17-8/h6H,2-5H2,1H3,(H,9,10). The van der Waals surface area contributed by atoms with Crippen LogP contribution in [0.15, 0.2) is 10.5 Å². The second kappa shape index (κ2) is 7.96. The van der Waals surface area contributed by atoms with Crippen molar-refractivity contribution < 1.29 is 4.92 Å². The number of hydrogen-bond acceptors (Lipinski definition) is 7. The molecule has 0 aliphatic heterocycles. The molecule has 1 aromatic rings. The molecule has 0 radical (unpaired) electrons. The zero-order valence-electron chi connectivity index (χ0n) is 9.33. The minimum atomic E-state index is -0.399.